The van der Waals surface area contributed by atoms with Crippen LogP contribution >= 0.6 is 63.7 Å². The van der Waals surface area contributed by atoms with Crippen molar-refractivity contribution in [3.8, 4) is 0 Å². The molecule has 4 heteroatoms. The first kappa shape index (κ1) is 15.0. The highest BCUT2D eigenvalue weighted by atomic mass is 79.9. The minimum atomic E-state index is 0.897. The maximum Gasteiger partial charge on any atom is 0.0286 e. The summed E-state index contributed by atoms with van der Waals surface area (Å²) in [5.74, 6) is 0. The zero-order valence-electron chi connectivity index (χ0n) is 9.65. The Morgan fingerprint density at radius 1 is 0.500 bits per heavy atom. The zero-order chi connectivity index (χ0) is 13.1. The average Bonchev–Trinajstić information content (AvgIpc) is 2.43. The predicted octanol–water partition coefficient (Wildman–Crippen LogP) is 6.42. The number of benzene rings is 2. The third-order valence-electron chi connectivity index (χ3n) is 3.05. The molecule has 0 atom stereocenters. The van der Waals surface area contributed by atoms with Crippen molar-refractivity contribution >= 4 is 74.5 Å². The standard InChI is InChI=1S/C14H12Br4/c15-5-11-1-9-2-13(7-17)14(8-18)4-10(9)3-12(11)6-16/h1-4H,5-8H2. The summed E-state index contributed by atoms with van der Waals surface area (Å²) >= 11 is 14.2. The van der Waals surface area contributed by atoms with Crippen molar-refractivity contribution in [2.75, 3.05) is 0 Å². The van der Waals surface area contributed by atoms with Crippen LogP contribution in [0, 0.1) is 0 Å². The van der Waals surface area contributed by atoms with Gasteiger partial charge in [-0.2, -0.15) is 0 Å². The normalized spacial score (nSPS) is 11.1. The molecule has 0 heterocycles. The zero-order valence-corrected chi connectivity index (χ0v) is 16.0. The van der Waals surface area contributed by atoms with E-state index in [0.29, 0.717) is 0 Å². The second-order valence-electron chi connectivity index (χ2n) is 4.12. The molecule has 2 rings (SSSR count). The molecule has 0 aliphatic carbocycles. The number of halogens is 4. The first-order valence-electron chi connectivity index (χ1n) is 5.54. The molecule has 18 heavy (non-hydrogen) atoms. The van der Waals surface area contributed by atoms with E-state index in [2.05, 4.69) is 88.0 Å². The van der Waals surface area contributed by atoms with Crippen LogP contribution < -0.4 is 0 Å². The van der Waals surface area contributed by atoms with Gasteiger partial charge in [-0.15, -0.1) is 0 Å². The minimum Gasteiger partial charge on any atom is -0.0876 e. The fourth-order valence-corrected chi connectivity index (χ4v) is 4.12. The van der Waals surface area contributed by atoms with Crippen LogP contribution in [0.15, 0.2) is 24.3 Å². The smallest absolute Gasteiger partial charge is 0.0286 e. The number of hydrogen-bond acceptors (Lipinski definition) is 0. The molecule has 0 nitrogen and oxygen atoms in total. The van der Waals surface area contributed by atoms with Crippen molar-refractivity contribution in [2.45, 2.75) is 21.3 Å². The first-order chi connectivity index (χ1) is 8.73. The Bertz CT molecular complexity index is 466. The summed E-state index contributed by atoms with van der Waals surface area (Å²) in [5.41, 5.74) is 5.41. The highest BCUT2D eigenvalue weighted by Gasteiger charge is 2.07. The van der Waals surface area contributed by atoms with Gasteiger partial charge in [-0.25, -0.2) is 0 Å². The summed E-state index contributed by atoms with van der Waals surface area (Å²) in [6, 6.07) is 9.13. The summed E-state index contributed by atoms with van der Waals surface area (Å²) in [4.78, 5) is 0. The Kier molecular flexibility index (Phi) is 5.73. The predicted molar refractivity (Wildman–Crippen MR) is 94.5 cm³/mol. The quantitative estimate of drug-likeness (QED) is 0.426. The van der Waals surface area contributed by atoms with Gasteiger partial charge in [-0.1, -0.05) is 63.7 Å². The lowest BCUT2D eigenvalue weighted by Gasteiger charge is -2.11. The van der Waals surface area contributed by atoms with Crippen LogP contribution in [0.2, 0.25) is 0 Å². The molecule has 0 aromatic heterocycles. The van der Waals surface area contributed by atoms with E-state index >= 15 is 0 Å². The van der Waals surface area contributed by atoms with Crippen LogP contribution in [0.1, 0.15) is 22.3 Å². The lowest BCUT2D eigenvalue weighted by atomic mass is 9.98. The van der Waals surface area contributed by atoms with Gasteiger partial charge in [0.15, 0.2) is 0 Å². The number of alkyl halides is 4. The summed E-state index contributed by atoms with van der Waals surface area (Å²) < 4.78 is 0. The van der Waals surface area contributed by atoms with Crippen molar-refractivity contribution in [3.63, 3.8) is 0 Å². The maximum atomic E-state index is 3.56. The van der Waals surface area contributed by atoms with Crippen molar-refractivity contribution in [3.05, 3.63) is 46.5 Å². The molecule has 0 aliphatic heterocycles. The third-order valence-corrected chi connectivity index (χ3v) is 5.47. The molecule has 0 unspecified atom stereocenters. The molecule has 0 N–H and O–H groups in total. The van der Waals surface area contributed by atoms with Gasteiger partial charge in [-0.05, 0) is 57.3 Å². The highest BCUT2D eigenvalue weighted by molar-refractivity contribution is 9.09. The van der Waals surface area contributed by atoms with Gasteiger partial charge >= 0.3 is 0 Å². The molecule has 0 spiro atoms. The van der Waals surface area contributed by atoms with E-state index in [0.717, 1.165) is 21.3 Å². The Balaban J connectivity index is 2.69. The van der Waals surface area contributed by atoms with Crippen molar-refractivity contribution in [1.29, 1.82) is 0 Å². The lowest BCUT2D eigenvalue weighted by molar-refractivity contribution is 1.30. The van der Waals surface area contributed by atoms with Crippen LogP contribution in [-0.4, -0.2) is 0 Å². The van der Waals surface area contributed by atoms with Gasteiger partial charge in [0.25, 0.3) is 0 Å². The Morgan fingerprint density at radius 2 is 0.722 bits per heavy atom. The summed E-state index contributed by atoms with van der Waals surface area (Å²) in [7, 11) is 0. The van der Waals surface area contributed by atoms with E-state index in [1.165, 1.54) is 33.0 Å². The average molecular weight is 500 g/mol. The topological polar surface area (TPSA) is 0 Å². The molecule has 0 aliphatic rings. The van der Waals surface area contributed by atoms with Crippen LogP contribution in [0.25, 0.3) is 10.8 Å². The van der Waals surface area contributed by atoms with Crippen LogP contribution in [0.3, 0.4) is 0 Å². The first-order valence-corrected chi connectivity index (χ1v) is 10.0. The Hall–Kier alpha value is 0.620. The van der Waals surface area contributed by atoms with E-state index in [1.807, 2.05) is 0 Å². The Labute approximate surface area is 141 Å². The highest BCUT2D eigenvalue weighted by Crippen LogP contribution is 2.28. The minimum absolute atomic E-state index is 0.897. The molecular formula is C14H12Br4. The van der Waals surface area contributed by atoms with Gasteiger partial charge in [0.2, 0.25) is 0 Å². The van der Waals surface area contributed by atoms with E-state index in [1.54, 1.807) is 0 Å². The van der Waals surface area contributed by atoms with Crippen LogP contribution in [0.5, 0.6) is 0 Å². The SMILES string of the molecule is BrCc1cc2cc(CBr)c(CBr)cc2cc1CBr. The van der Waals surface area contributed by atoms with E-state index in [4.69, 9.17) is 0 Å². The molecule has 0 fully saturated rings. The fraction of sp³-hybridized carbons (Fsp3) is 0.286. The lowest BCUT2D eigenvalue weighted by Crippen LogP contribution is -1.93. The van der Waals surface area contributed by atoms with Crippen molar-refractivity contribution in [1.82, 2.24) is 0 Å². The summed E-state index contributed by atoms with van der Waals surface area (Å²) in [6.45, 7) is 0. The molecule has 2 aromatic rings. The third kappa shape index (κ3) is 3.02. The van der Waals surface area contributed by atoms with Gasteiger partial charge < -0.3 is 0 Å². The fourth-order valence-electron chi connectivity index (χ4n) is 2.04. The van der Waals surface area contributed by atoms with Gasteiger partial charge in [-0.3, -0.25) is 0 Å². The number of hydrogen-bond donors (Lipinski definition) is 0. The summed E-state index contributed by atoms with van der Waals surface area (Å²) in [6.07, 6.45) is 0. The summed E-state index contributed by atoms with van der Waals surface area (Å²) in [5, 5.41) is 6.21. The second-order valence-corrected chi connectivity index (χ2v) is 6.37. The van der Waals surface area contributed by atoms with Gasteiger partial charge in [0.05, 0.1) is 0 Å². The number of rotatable bonds is 4. The molecule has 0 saturated carbocycles. The molecular weight excluding hydrogens is 488 g/mol. The van der Waals surface area contributed by atoms with E-state index in [9.17, 15) is 0 Å². The van der Waals surface area contributed by atoms with E-state index in [-0.39, 0.29) is 0 Å². The van der Waals surface area contributed by atoms with Crippen LogP contribution in [-0.2, 0) is 21.3 Å². The molecule has 96 valence electrons. The Morgan fingerprint density at radius 3 is 0.889 bits per heavy atom. The molecule has 0 amide bonds. The molecule has 0 radical (unpaired) electrons. The second kappa shape index (κ2) is 6.87. The van der Waals surface area contributed by atoms with Crippen molar-refractivity contribution in [2.24, 2.45) is 0 Å². The largest absolute Gasteiger partial charge is 0.0876 e. The van der Waals surface area contributed by atoms with E-state index < -0.39 is 0 Å². The van der Waals surface area contributed by atoms with Crippen molar-refractivity contribution < 1.29 is 0 Å². The molecule has 0 bridgehead atoms. The maximum absolute atomic E-state index is 3.56. The number of fused-ring (bicyclic) bond motifs is 1. The molecule has 2 aromatic carbocycles. The van der Waals surface area contributed by atoms with Gasteiger partial charge in [0, 0.05) is 21.3 Å². The van der Waals surface area contributed by atoms with Gasteiger partial charge in [0.1, 0.15) is 0 Å². The monoisotopic (exact) mass is 496 g/mol. The van der Waals surface area contributed by atoms with Crippen LogP contribution in [0.4, 0.5) is 0 Å². The molecule has 0 saturated heterocycles.